The summed E-state index contributed by atoms with van der Waals surface area (Å²) in [5, 5.41) is 5.99. The summed E-state index contributed by atoms with van der Waals surface area (Å²) in [6.07, 6.45) is 1.49. The van der Waals surface area contributed by atoms with Crippen molar-refractivity contribution in [3.63, 3.8) is 0 Å². The summed E-state index contributed by atoms with van der Waals surface area (Å²) >= 11 is 7.15. The van der Waals surface area contributed by atoms with Gasteiger partial charge in [-0.15, -0.1) is 0 Å². The molecule has 0 radical (unpaired) electrons. The van der Waals surface area contributed by atoms with E-state index >= 15 is 0 Å². The summed E-state index contributed by atoms with van der Waals surface area (Å²) in [5.41, 5.74) is 0.756. The van der Waals surface area contributed by atoms with E-state index in [1.165, 1.54) is 10.8 Å². The van der Waals surface area contributed by atoms with Gasteiger partial charge in [0.25, 0.3) is 5.56 Å². The first kappa shape index (κ1) is 21.7. The number of hydrogen-bond acceptors (Lipinski definition) is 6. The van der Waals surface area contributed by atoms with Crippen molar-refractivity contribution in [1.29, 1.82) is 0 Å². The number of fused-ring (bicyclic) bond motifs is 1. The van der Waals surface area contributed by atoms with Gasteiger partial charge < -0.3 is 9.73 Å². The van der Waals surface area contributed by atoms with Gasteiger partial charge in [-0.1, -0.05) is 41.6 Å². The Morgan fingerprint density at radius 3 is 2.72 bits per heavy atom. The summed E-state index contributed by atoms with van der Waals surface area (Å²) in [7, 11) is 0. The molecule has 32 heavy (non-hydrogen) atoms. The number of halogens is 1. The average molecular weight is 469 g/mol. The van der Waals surface area contributed by atoms with Crippen molar-refractivity contribution in [2.75, 3.05) is 5.75 Å². The van der Waals surface area contributed by atoms with E-state index in [-0.39, 0.29) is 17.9 Å². The van der Waals surface area contributed by atoms with Gasteiger partial charge in [0.1, 0.15) is 5.76 Å². The Labute approximate surface area is 191 Å². The molecule has 0 saturated carbocycles. The molecule has 0 aliphatic heterocycles. The number of amides is 3. The van der Waals surface area contributed by atoms with Crippen LogP contribution in [0.4, 0.5) is 4.79 Å². The van der Waals surface area contributed by atoms with E-state index in [1.54, 1.807) is 60.7 Å². The summed E-state index contributed by atoms with van der Waals surface area (Å²) in [5.74, 6) is -0.0978. The van der Waals surface area contributed by atoms with Crippen LogP contribution < -0.4 is 16.2 Å². The Hall–Kier alpha value is -3.56. The third kappa shape index (κ3) is 5.01. The average Bonchev–Trinajstić information content (AvgIpc) is 3.30. The smallest absolute Gasteiger partial charge is 0.321 e. The van der Waals surface area contributed by atoms with E-state index in [9.17, 15) is 14.4 Å². The number of carbonyl (C=O) groups excluding carboxylic acids is 2. The molecule has 2 heterocycles. The molecule has 0 bridgehead atoms. The quantitative estimate of drug-likeness (QED) is 0.330. The van der Waals surface area contributed by atoms with Crippen LogP contribution in [-0.4, -0.2) is 27.2 Å². The van der Waals surface area contributed by atoms with Crippen molar-refractivity contribution in [3.05, 3.63) is 88.1 Å². The van der Waals surface area contributed by atoms with E-state index in [2.05, 4.69) is 15.6 Å². The zero-order valence-corrected chi connectivity index (χ0v) is 18.2. The molecule has 0 spiro atoms. The topological polar surface area (TPSA) is 106 Å². The Morgan fingerprint density at radius 1 is 1.09 bits per heavy atom. The van der Waals surface area contributed by atoms with Gasteiger partial charge in [0, 0.05) is 5.02 Å². The molecule has 0 aliphatic rings. The van der Waals surface area contributed by atoms with E-state index < -0.39 is 11.9 Å². The lowest BCUT2D eigenvalue weighted by Crippen LogP contribution is -2.40. The molecule has 10 heteroatoms. The molecule has 4 aromatic rings. The fourth-order valence-electron chi connectivity index (χ4n) is 2.97. The van der Waals surface area contributed by atoms with Crippen LogP contribution in [-0.2, 0) is 11.3 Å². The fraction of sp³-hybridized carbons (Fsp3) is 0.0909. The number of para-hydroxylation sites is 1. The number of furan rings is 1. The second-order valence-electron chi connectivity index (χ2n) is 6.63. The van der Waals surface area contributed by atoms with E-state index in [4.69, 9.17) is 16.0 Å². The van der Waals surface area contributed by atoms with Gasteiger partial charge >= 0.3 is 6.03 Å². The Bertz CT molecular complexity index is 1340. The number of nitrogens with one attached hydrogen (secondary N) is 2. The number of thioether (sulfide) groups is 1. The number of urea groups is 1. The SMILES string of the molecule is O=C(CSc1nc2ccccc2c(=O)n1-c1cccc(Cl)c1)NC(=O)NCc1ccco1. The van der Waals surface area contributed by atoms with Crippen LogP contribution in [0.3, 0.4) is 0 Å². The molecule has 0 atom stereocenters. The number of imide groups is 1. The molecule has 0 unspecified atom stereocenters. The highest BCUT2D eigenvalue weighted by Crippen LogP contribution is 2.22. The number of benzene rings is 2. The van der Waals surface area contributed by atoms with Crippen LogP contribution in [0.5, 0.6) is 0 Å². The van der Waals surface area contributed by atoms with E-state index in [0.717, 1.165) is 11.8 Å². The van der Waals surface area contributed by atoms with Gasteiger partial charge in [-0.05, 0) is 42.5 Å². The van der Waals surface area contributed by atoms with Crippen molar-refractivity contribution in [3.8, 4) is 5.69 Å². The minimum atomic E-state index is -0.647. The fourth-order valence-corrected chi connectivity index (χ4v) is 3.97. The van der Waals surface area contributed by atoms with Crippen molar-refractivity contribution in [2.45, 2.75) is 11.7 Å². The van der Waals surface area contributed by atoms with Crippen LogP contribution in [0.1, 0.15) is 5.76 Å². The second-order valence-corrected chi connectivity index (χ2v) is 8.01. The number of hydrogen-bond donors (Lipinski definition) is 2. The molecule has 0 fully saturated rings. The Balaban J connectivity index is 1.53. The lowest BCUT2D eigenvalue weighted by Gasteiger charge is -2.13. The maximum atomic E-state index is 13.2. The first-order chi connectivity index (χ1) is 15.5. The van der Waals surface area contributed by atoms with Crippen molar-refractivity contribution < 1.29 is 14.0 Å². The monoisotopic (exact) mass is 468 g/mol. The maximum absolute atomic E-state index is 13.2. The van der Waals surface area contributed by atoms with Gasteiger partial charge in [0.05, 0.1) is 35.2 Å². The number of rotatable bonds is 6. The highest BCUT2D eigenvalue weighted by atomic mass is 35.5. The molecule has 162 valence electrons. The predicted molar refractivity (Wildman–Crippen MR) is 122 cm³/mol. The molecule has 2 aromatic heterocycles. The van der Waals surface area contributed by atoms with Crippen molar-refractivity contribution in [1.82, 2.24) is 20.2 Å². The van der Waals surface area contributed by atoms with Crippen LogP contribution in [0, 0.1) is 0 Å². The molecule has 3 amide bonds. The first-order valence-corrected chi connectivity index (χ1v) is 10.9. The van der Waals surface area contributed by atoms with Gasteiger partial charge in [-0.3, -0.25) is 19.5 Å². The lowest BCUT2D eigenvalue weighted by atomic mass is 10.2. The summed E-state index contributed by atoms with van der Waals surface area (Å²) < 4.78 is 6.53. The Kier molecular flexibility index (Phi) is 6.58. The predicted octanol–water partition coefficient (Wildman–Crippen LogP) is 3.75. The molecule has 4 rings (SSSR count). The normalized spacial score (nSPS) is 10.8. The van der Waals surface area contributed by atoms with Crippen LogP contribution in [0.2, 0.25) is 5.02 Å². The maximum Gasteiger partial charge on any atom is 0.321 e. The van der Waals surface area contributed by atoms with Crippen molar-refractivity contribution in [2.24, 2.45) is 0 Å². The lowest BCUT2D eigenvalue weighted by molar-refractivity contribution is -0.117. The zero-order valence-electron chi connectivity index (χ0n) is 16.6. The highest BCUT2D eigenvalue weighted by Gasteiger charge is 2.16. The third-order valence-corrected chi connectivity index (χ3v) is 5.57. The summed E-state index contributed by atoms with van der Waals surface area (Å²) in [4.78, 5) is 41.9. The van der Waals surface area contributed by atoms with Crippen LogP contribution in [0.15, 0.2) is 81.3 Å². The van der Waals surface area contributed by atoms with Crippen LogP contribution >= 0.6 is 23.4 Å². The standard InChI is InChI=1S/C22H17ClN4O4S/c23-14-5-3-6-15(11-14)27-20(29)17-8-1-2-9-18(17)25-22(27)32-13-19(28)26-21(30)24-12-16-7-4-10-31-16/h1-11H,12-13H2,(H2,24,26,28,30). The minimum absolute atomic E-state index is 0.125. The van der Waals surface area contributed by atoms with Gasteiger partial charge in [-0.2, -0.15) is 0 Å². The highest BCUT2D eigenvalue weighted by molar-refractivity contribution is 7.99. The van der Waals surface area contributed by atoms with Gasteiger partial charge in [-0.25, -0.2) is 9.78 Å². The molecule has 8 nitrogen and oxygen atoms in total. The van der Waals surface area contributed by atoms with Gasteiger partial charge in [0.15, 0.2) is 5.16 Å². The van der Waals surface area contributed by atoms with E-state index in [0.29, 0.717) is 32.5 Å². The summed E-state index contributed by atoms with van der Waals surface area (Å²) in [6.45, 7) is 0.153. The third-order valence-electron chi connectivity index (χ3n) is 4.40. The molecular weight excluding hydrogens is 452 g/mol. The van der Waals surface area contributed by atoms with E-state index in [1.807, 2.05) is 0 Å². The molecular formula is C22H17ClN4O4S. The Morgan fingerprint density at radius 2 is 1.94 bits per heavy atom. The second kappa shape index (κ2) is 9.71. The van der Waals surface area contributed by atoms with Gasteiger partial charge in [0.2, 0.25) is 5.91 Å². The van der Waals surface area contributed by atoms with Crippen LogP contribution in [0.25, 0.3) is 16.6 Å². The minimum Gasteiger partial charge on any atom is -0.467 e. The first-order valence-electron chi connectivity index (χ1n) is 9.52. The molecule has 2 aromatic carbocycles. The largest absolute Gasteiger partial charge is 0.467 e. The summed E-state index contributed by atoms with van der Waals surface area (Å²) in [6, 6.07) is 16.5. The molecule has 0 aliphatic carbocycles. The van der Waals surface area contributed by atoms with Crippen molar-refractivity contribution >= 4 is 46.2 Å². The zero-order chi connectivity index (χ0) is 22.5. The number of aromatic nitrogens is 2. The number of carbonyl (C=O) groups is 2. The number of nitrogens with zero attached hydrogens (tertiary/aromatic N) is 2. The molecule has 2 N–H and O–H groups in total. The molecule has 0 saturated heterocycles.